The molecule has 1 aliphatic heterocycles. The standard InChI is InChI=1S/C22H46N2O2/c1-18(2,3)25-21(9,10)17-20(7,8)23-13-15-24(16-14-23)22(11,12)26-19(4,5)6/h13-17H2,1-12H3. The van der Waals surface area contributed by atoms with Crippen LogP contribution in [0.5, 0.6) is 0 Å². The SMILES string of the molecule is CC(C)(C)OC(C)(C)CC(C)(C)N1CCN(C(C)(C)OC(C)(C)C)CC1. The maximum Gasteiger partial charge on any atom is 0.116 e. The van der Waals surface area contributed by atoms with E-state index in [1.54, 1.807) is 0 Å². The molecule has 0 bridgehead atoms. The Morgan fingerprint density at radius 2 is 0.962 bits per heavy atom. The second-order valence-electron chi connectivity index (χ2n) is 11.6. The second kappa shape index (κ2) is 7.69. The predicted molar refractivity (Wildman–Crippen MR) is 112 cm³/mol. The van der Waals surface area contributed by atoms with Crippen LogP contribution in [-0.4, -0.2) is 64.0 Å². The van der Waals surface area contributed by atoms with Crippen LogP contribution in [-0.2, 0) is 9.47 Å². The van der Waals surface area contributed by atoms with Gasteiger partial charge in [-0.05, 0) is 89.5 Å². The van der Waals surface area contributed by atoms with E-state index in [0.29, 0.717) is 0 Å². The van der Waals surface area contributed by atoms with Gasteiger partial charge < -0.3 is 9.47 Å². The van der Waals surface area contributed by atoms with Gasteiger partial charge >= 0.3 is 0 Å². The fourth-order valence-electron chi connectivity index (χ4n) is 4.68. The molecular weight excluding hydrogens is 324 g/mol. The summed E-state index contributed by atoms with van der Waals surface area (Å²) in [5.74, 6) is 0. The smallest absolute Gasteiger partial charge is 0.116 e. The summed E-state index contributed by atoms with van der Waals surface area (Å²) in [7, 11) is 0. The third-order valence-corrected chi connectivity index (χ3v) is 4.89. The topological polar surface area (TPSA) is 24.9 Å². The van der Waals surface area contributed by atoms with E-state index in [1.807, 2.05) is 0 Å². The average Bonchev–Trinajstić information content (AvgIpc) is 2.31. The molecule has 0 amide bonds. The van der Waals surface area contributed by atoms with Gasteiger partial charge in [-0.25, -0.2) is 0 Å². The molecule has 1 rings (SSSR count). The number of piperazine rings is 1. The van der Waals surface area contributed by atoms with E-state index >= 15 is 0 Å². The molecule has 0 spiro atoms. The summed E-state index contributed by atoms with van der Waals surface area (Å²) >= 11 is 0. The Bertz CT molecular complexity index is 448. The minimum atomic E-state index is -0.233. The molecule has 26 heavy (non-hydrogen) atoms. The number of nitrogens with zero attached hydrogens (tertiary/aromatic N) is 2. The van der Waals surface area contributed by atoms with Gasteiger partial charge in [0.2, 0.25) is 0 Å². The highest BCUT2D eigenvalue weighted by Crippen LogP contribution is 2.33. The molecule has 0 radical (unpaired) electrons. The van der Waals surface area contributed by atoms with Crippen LogP contribution < -0.4 is 0 Å². The highest BCUT2D eigenvalue weighted by molar-refractivity contribution is 4.93. The van der Waals surface area contributed by atoms with Gasteiger partial charge in [-0.1, -0.05) is 0 Å². The quantitative estimate of drug-likeness (QED) is 0.663. The van der Waals surface area contributed by atoms with Gasteiger partial charge in [-0.3, -0.25) is 9.80 Å². The number of hydrogen-bond acceptors (Lipinski definition) is 4. The van der Waals surface area contributed by atoms with Gasteiger partial charge in [0.05, 0.1) is 16.8 Å². The molecule has 0 unspecified atom stereocenters. The molecule has 4 nitrogen and oxygen atoms in total. The monoisotopic (exact) mass is 370 g/mol. The Balaban J connectivity index is 2.68. The normalized spacial score (nSPS) is 19.8. The van der Waals surface area contributed by atoms with Crippen LogP contribution >= 0.6 is 0 Å². The van der Waals surface area contributed by atoms with Crippen LogP contribution in [0.3, 0.4) is 0 Å². The van der Waals surface area contributed by atoms with Crippen molar-refractivity contribution in [3.63, 3.8) is 0 Å². The predicted octanol–water partition coefficient (Wildman–Crippen LogP) is 4.92. The molecule has 1 heterocycles. The van der Waals surface area contributed by atoms with Gasteiger partial charge in [0, 0.05) is 31.7 Å². The van der Waals surface area contributed by atoms with Gasteiger partial charge in [0.15, 0.2) is 0 Å². The van der Waals surface area contributed by atoms with Crippen LogP contribution in [0.15, 0.2) is 0 Å². The highest BCUT2D eigenvalue weighted by Gasteiger charge is 2.40. The van der Waals surface area contributed by atoms with Crippen LogP contribution in [0.1, 0.15) is 89.5 Å². The summed E-state index contributed by atoms with van der Waals surface area (Å²) in [6, 6.07) is 0. The Labute approximate surface area is 163 Å². The van der Waals surface area contributed by atoms with Crippen molar-refractivity contribution >= 4 is 0 Å². The highest BCUT2D eigenvalue weighted by atomic mass is 16.5. The van der Waals surface area contributed by atoms with E-state index in [4.69, 9.17) is 9.47 Å². The maximum absolute atomic E-state index is 6.32. The fraction of sp³-hybridized carbons (Fsp3) is 1.00. The third-order valence-electron chi connectivity index (χ3n) is 4.89. The summed E-state index contributed by atoms with van der Waals surface area (Å²) in [6.45, 7) is 30.5. The lowest BCUT2D eigenvalue weighted by atomic mass is 9.86. The fourth-order valence-corrected chi connectivity index (χ4v) is 4.68. The van der Waals surface area contributed by atoms with Crippen LogP contribution in [0, 0.1) is 0 Å². The summed E-state index contributed by atoms with van der Waals surface area (Å²) < 4.78 is 12.6. The lowest BCUT2D eigenvalue weighted by molar-refractivity contribution is -0.203. The lowest BCUT2D eigenvalue weighted by Crippen LogP contribution is -2.61. The first-order valence-corrected chi connectivity index (χ1v) is 10.2. The van der Waals surface area contributed by atoms with Crippen molar-refractivity contribution in [2.24, 2.45) is 0 Å². The maximum atomic E-state index is 6.32. The summed E-state index contributed by atoms with van der Waals surface area (Å²) in [6.07, 6.45) is 1.01. The average molecular weight is 371 g/mol. The van der Waals surface area contributed by atoms with Gasteiger partial charge in [0.25, 0.3) is 0 Å². The number of ether oxygens (including phenoxy) is 2. The second-order valence-corrected chi connectivity index (χ2v) is 11.6. The van der Waals surface area contributed by atoms with E-state index in [0.717, 1.165) is 32.6 Å². The molecule has 0 aromatic rings. The van der Waals surface area contributed by atoms with Crippen LogP contribution in [0.25, 0.3) is 0 Å². The molecule has 1 aliphatic rings. The molecule has 0 aromatic heterocycles. The Hall–Kier alpha value is -0.160. The van der Waals surface area contributed by atoms with Crippen molar-refractivity contribution in [2.75, 3.05) is 26.2 Å². The van der Waals surface area contributed by atoms with E-state index < -0.39 is 0 Å². The first-order chi connectivity index (χ1) is 11.3. The van der Waals surface area contributed by atoms with Crippen molar-refractivity contribution in [1.82, 2.24) is 9.80 Å². The largest absolute Gasteiger partial charge is 0.370 e. The summed E-state index contributed by atoms with van der Waals surface area (Å²) in [5.41, 5.74) is -0.521. The molecule has 156 valence electrons. The molecule has 0 saturated carbocycles. The first-order valence-electron chi connectivity index (χ1n) is 10.2. The zero-order valence-corrected chi connectivity index (χ0v) is 19.7. The minimum Gasteiger partial charge on any atom is -0.370 e. The molecular formula is C22H46N2O2. The zero-order chi connectivity index (χ0) is 20.6. The molecule has 0 atom stereocenters. The van der Waals surface area contributed by atoms with E-state index in [-0.39, 0.29) is 28.1 Å². The molecule has 1 saturated heterocycles. The molecule has 1 fully saturated rings. The van der Waals surface area contributed by atoms with Crippen molar-refractivity contribution in [3.8, 4) is 0 Å². The van der Waals surface area contributed by atoms with E-state index in [1.165, 1.54) is 0 Å². The molecule has 0 N–H and O–H groups in total. The Morgan fingerprint density at radius 1 is 0.577 bits per heavy atom. The summed E-state index contributed by atoms with van der Waals surface area (Å²) in [4.78, 5) is 5.09. The molecule has 4 heteroatoms. The van der Waals surface area contributed by atoms with Crippen molar-refractivity contribution in [2.45, 2.75) is 118 Å². The van der Waals surface area contributed by atoms with E-state index in [2.05, 4.69) is 92.9 Å². The van der Waals surface area contributed by atoms with Gasteiger partial charge in [-0.2, -0.15) is 0 Å². The van der Waals surface area contributed by atoms with Crippen molar-refractivity contribution in [1.29, 1.82) is 0 Å². The Morgan fingerprint density at radius 3 is 1.35 bits per heavy atom. The van der Waals surface area contributed by atoms with E-state index in [9.17, 15) is 0 Å². The first kappa shape index (κ1) is 23.9. The number of hydrogen-bond donors (Lipinski definition) is 0. The molecule has 0 aliphatic carbocycles. The minimum absolute atomic E-state index is 0.107. The van der Waals surface area contributed by atoms with Gasteiger partial charge in [-0.15, -0.1) is 0 Å². The Kier molecular flexibility index (Phi) is 7.06. The van der Waals surface area contributed by atoms with Crippen molar-refractivity contribution < 1.29 is 9.47 Å². The van der Waals surface area contributed by atoms with Crippen LogP contribution in [0.4, 0.5) is 0 Å². The van der Waals surface area contributed by atoms with Crippen LogP contribution in [0.2, 0.25) is 0 Å². The van der Waals surface area contributed by atoms with Gasteiger partial charge in [0.1, 0.15) is 5.72 Å². The summed E-state index contributed by atoms with van der Waals surface area (Å²) in [5, 5.41) is 0. The lowest BCUT2D eigenvalue weighted by Gasteiger charge is -2.51. The molecule has 0 aromatic carbocycles. The van der Waals surface area contributed by atoms with Crippen molar-refractivity contribution in [3.05, 3.63) is 0 Å². The number of rotatable bonds is 6. The zero-order valence-electron chi connectivity index (χ0n) is 19.7. The third kappa shape index (κ3) is 7.84.